The van der Waals surface area contributed by atoms with Gasteiger partial charge in [0.15, 0.2) is 9.84 Å². The minimum atomic E-state index is -3.04. The Morgan fingerprint density at radius 2 is 2.11 bits per heavy atom. The van der Waals surface area contributed by atoms with Crippen molar-refractivity contribution >= 4 is 15.8 Å². The van der Waals surface area contributed by atoms with Crippen molar-refractivity contribution in [3.05, 3.63) is 35.4 Å². The zero-order valence-corrected chi connectivity index (χ0v) is 11.7. The van der Waals surface area contributed by atoms with Gasteiger partial charge in [-0.05, 0) is 36.8 Å². The van der Waals surface area contributed by atoms with Gasteiger partial charge in [0.1, 0.15) is 0 Å². The Bertz CT molecular complexity index is 577. The van der Waals surface area contributed by atoms with E-state index >= 15 is 0 Å². The van der Waals surface area contributed by atoms with E-state index in [-0.39, 0.29) is 17.4 Å². The molecule has 1 N–H and O–H groups in total. The third-order valence-electron chi connectivity index (χ3n) is 3.85. The molecule has 1 saturated heterocycles. The quantitative estimate of drug-likeness (QED) is 0.912. The maximum absolute atomic E-state index is 11.5. The van der Waals surface area contributed by atoms with Crippen molar-refractivity contribution in [2.75, 3.05) is 11.5 Å². The van der Waals surface area contributed by atoms with Crippen molar-refractivity contribution in [1.82, 2.24) is 0 Å². The van der Waals surface area contributed by atoms with Crippen molar-refractivity contribution in [1.29, 1.82) is 0 Å². The van der Waals surface area contributed by atoms with Gasteiger partial charge in [-0.3, -0.25) is 4.79 Å². The van der Waals surface area contributed by atoms with Crippen LogP contribution in [0.25, 0.3) is 0 Å². The predicted molar refractivity (Wildman–Crippen MR) is 72.8 cm³/mol. The van der Waals surface area contributed by atoms with E-state index in [9.17, 15) is 18.3 Å². The zero-order chi connectivity index (χ0) is 14.0. The molecule has 0 aliphatic carbocycles. The van der Waals surface area contributed by atoms with Crippen molar-refractivity contribution in [2.45, 2.75) is 19.8 Å². The molecule has 1 aliphatic rings. The van der Waals surface area contributed by atoms with E-state index in [0.717, 1.165) is 11.1 Å². The van der Waals surface area contributed by atoms with Crippen LogP contribution in [0.2, 0.25) is 0 Å². The van der Waals surface area contributed by atoms with Crippen LogP contribution < -0.4 is 0 Å². The lowest BCUT2D eigenvalue weighted by atomic mass is 9.85. The molecule has 1 fully saturated rings. The summed E-state index contributed by atoms with van der Waals surface area (Å²) >= 11 is 0. The zero-order valence-electron chi connectivity index (χ0n) is 10.9. The molecule has 1 aromatic rings. The molecule has 5 heteroatoms. The monoisotopic (exact) mass is 282 g/mol. The van der Waals surface area contributed by atoms with Crippen LogP contribution in [0.15, 0.2) is 24.3 Å². The molecular weight excluding hydrogens is 264 g/mol. The highest BCUT2D eigenvalue weighted by atomic mass is 32.2. The standard InChI is InChI=1S/C14H18O4S/c1-10-4-2-3-5-11(10)8-13(14(15)16)12-6-7-19(17,18)9-12/h2-5,12-13H,6-9H2,1H3,(H,15,16). The molecule has 0 spiro atoms. The largest absolute Gasteiger partial charge is 0.481 e. The number of rotatable bonds is 4. The Balaban J connectivity index is 2.18. The highest BCUT2D eigenvalue weighted by molar-refractivity contribution is 7.91. The van der Waals surface area contributed by atoms with Crippen LogP contribution in [0.4, 0.5) is 0 Å². The molecule has 2 atom stereocenters. The minimum absolute atomic E-state index is 0.00977. The summed E-state index contributed by atoms with van der Waals surface area (Å²) in [5.74, 6) is -1.64. The summed E-state index contributed by atoms with van der Waals surface area (Å²) in [6.07, 6.45) is 0.868. The van der Waals surface area contributed by atoms with E-state index in [2.05, 4.69) is 0 Å². The fourth-order valence-electron chi connectivity index (χ4n) is 2.67. The molecule has 0 aromatic heterocycles. The molecular formula is C14H18O4S. The Hall–Kier alpha value is -1.36. The van der Waals surface area contributed by atoms with Gasteiger partial charge in [-0.25, -0.2) is 8.42 Å². The molecule has 4 nitrogen and oxygen atoms in total. The van der Waals surface area contributed by atoms with Gasteiger partial charge in [-0.2, -0.15) is 0 Å². The van der Waals surface area contributed by atoms with E-state index in [4.69, 9.17) is 0 Å². The van der Waals surface area contributed by atoms with Crippen LogP contribution in [0, 0.1) is 18.8 Å². The third kappa shape index (κ3) is 3.35. The first-order valence-electron chi connectivity index (χ1n) is 6.37. The van der Waals surface area contributed by atoms with E-state index in [1.165, 1.54) is 0 Å². The first-order valence-corrected chi connectivity index (χ1v) is 8.19. The van der Waals surface area contributed by atoms with E-state index in [0.29, 0.717) is 12.8 Å². The van der Waals surface area contributed by atoms with Crippen molar-refractivity contribution in [2.24, 2.45) is 11.8 Å². The first kappa shape index (κ1) is 14.1. The fourth-order valence-corrected chi connectivity index (χ4v) is 4.55. The minimum Gasteiger partial charge on any atom is -0.481 e. The van der Waals surface area contributed by atoms with Gasteiger partial charge in [0.05, 0.1) is 17.4 Å². The van der Waals surface area contributed by atoms with Gasteiger partial charge in [0, 0.05) is 0 Å². The average Bonchev–Trinajstić information content (AvgIpc) is 2.68. The molecule has 0 bridgehead atoms. The second-order valence-electron chi connectivity index (χ2n) is 5.24. The van der Waals surface area contributed by atoms with Crippen LogP contribution in [-0.4, -0.2) is 31.0 Å². The summed E-state index contributed by atoms with van der Waals surface area (Å²) in [6, 6.07) is 7.65. The second kappa shape index (κ2) is 5.33. The number of benzene rings is 1. The molecule has 104 valence electrons. The first-order chi connectivity index (χ1) is 8.89. The van der Waals surface area contributed by atoms with E-state index in [1.54, 1.807) is 0 Å². The summed E-state index contributed by atoms with van der Waals surface area (Å²) in [7, 11) is -3.04. The van der Waals surface area contributed by atoms with Crippen LogP contribution in [0.5, 0.6) is 0 Å². The third-order valence-corrected chi connectivity index (χ3v) is 5.65. The lowest BCUT2D eigenvalue weighted by Crippen LogP contribution is -2.27. The van der Waals surface area contributed by atoms with Gasteiger partial charge in [0.2, 0.25) is 0 Å². The lowest BCUT2D eigenvalue weighted by molar-refractivity contribution is -0.143. The Morgan fingerprint density at radius 3 is 2.63 bits per heavy atom. The van der Waals surface area contributed by atoms with Gasteiger partial charge in [0.25, 0.3) is 0 Å². The molecule has 2 unspecified atom stereocenters. The molecule has 1 heterocycles. The molecule has 0 radical (unpaired) electrons. The van der Waals surface area contributed by atoms with Crippen molar-refractivity contribution in [3.63, 3.8) is 0 Å². The molecule has 19 heavy (non-hydrogen) atoms. The second-order valence-corrected chi connectivity index (χ2v) is 7.47. The highest BCUT2D eigenvalue weighted by Gasteiger charge is 2.37. The number of aliphatic carboxylic acids is 1. The number of hydrogen-bond acceptors (Lipinski definition) is 3. The number of hydrogen-bond donors (Lipinski definition) is 1. The molecule has 1 aliphatic heterocycles. The Morgan fingerprint density at radius 1 is 1.42 bits per heavy atom. The topological polar surface area (TPSA) is 71.4 Å². The van der Waals surface area contributed by atoms with Crippen molar-refractivity contribution < 1.29 is 18.3 Å². The number of carboxylic acid groups (broad SMARTS) is 1. The number of carboxylic acids is 1. The molecule has 0 saturated carbocycles. The van der Waals surface area contributed by atoms with Crippen molar-refractivity contribution in [3.8, 4) is 0 Å². The maximum atomic E-state index is 11.5. The van der Waals surface area contributed by atoms with Crippen LogP contribution in [0.3, 0.4) is 0 Å². The Kier molecular flexibility index (Phi) is 3.94. The van der Waals surface area contributed by atoms with Gasteiger partial charge >= 0.3 is 5.97 Å². The lowest BCUT2D eigenvalue weighted by Gasteiger charge is -2.19. The normalized spacial score (nSPS) is 23.1. The van der Waals surface area contributed by atoms with E-state index in [1.807, 2.05) is 31.2 Å². The maximum Gasteiger partial charge on any atom is 0.307 e. The predicted octanol–water partition coefficient (Wildman–Crippen LogP) is 1.67. The van der Waals surface area contributed by atoms with Gasteiger partial charge < -0.3 is 5.11 Å². The SMILES string of the molecule is Cc1ccccc1CC(C(=O)O)C1CCS(=O)(=O)C1. The molecule has 1 aromatic carbocycles. The summed E-state index contributed by atoms with van der Waals surface area (Å²) in [5.41, 5.74) is 2.04. The Labute approximate surface area is 113 Å². The number of aryl methyl sites for hydroxylation is 1. The number of sulfone groups is 1. The average molecular weight is 282 g/mol. The fraction of sp³-hybridized carbons (Fsp3) is 0.500. The molecule has 0 amide bonds. The summed E-state index contributed by atoms with van der Waals surface area (Å²) in [6.45, 7) is 1.94. The smallest absolute Gasteiger partial charge is 0.307 e. The van der Waals surface area contributed by atoms with Gasteiger partial charge in [-0.15, -0.1) is 0 Å². The number of carbonyl (C=O) groups is 1. The summed E-state index contributed by atoms with van der Waals surface area (Å²) in [5, 5.41) is 9.36. The van der Waals surface area contributed by atoms with Crippen LogP contribution >= 0.6 is 0 Å². The van der Waals surface area contributed by atoms with Crippen LogP contribution in [-0.2, 0) is 21.1 Å². The molecule has 2 rings (SSSR count). The van der Waals surface area contributed by atoms with Gasteiger partial charge in [-0.1, -0.05) is 24.3 Å². The van der Waals surface area contributed by atoms with Crippen LogP contribution in [0.1, 0.15) is 17.5 Å². The van der Waals surface area contributed by atoms with E-state index < -0.39 is 21.7 Å². The summed E-state index contributed by atoms with van der Waals surface area (Å²) in [4.78, 5) is 11.4. The highest BCUT2D eigenvalue weighted by Crippen LogP contribution is 2.29. The summed E-state index contributed by atoms with van der Waals surface area (Å²) < 4.78 is 23.0.